The van der Waals surface area contributed by atoms with Crippen LogP contribution >= 0.6 is 0 Å². The highest BCUT2D eigenvalue weighted by Gasteiger charge is 2.10. The van der Waals surface area contributed by atoms with Crippen LogP contribution in [0.25, 0.3) is 16.9 Å². The Bertz CT molecular complexity index is 823. The van der Waals surface area contributed by atoms with Gasteiger partial charge in [-0.25, -0.2) is 9.97 Å². The van der Waals surface area contributed by atoms with Crippen LogP contribution in [0.4, 0.5) is 5.95 Å². The molecule has 0 spiro atoms. The number of hydrogen-bond acceptors (Lipinski definition) is 5. The first-order chi connectivity index (χ1) is 10.1. The number of imidazole rings is 1. The van der Waals surface area contributed by atoms with Crippen molar-refractivity contribution < 1.29 is 4.79 Å². The summed E-state index contributed by atoms with van der Waals surface area (Å²) in [5, 5.41) is 0. The molecule has 0 fully saturated rings. The van der Waals surface area contributed by atoms with Crippen molar-refractivity contribution in [2.45, 2.75) is 0 Å². The Morgan fingerprint density at radius 2 is 2.10 bits per heavy atom. The molecule has 1 amide bonds. The molecule has 3 rings (SSSR count). The summed E-state index contributed by atoms with van der Waals surface area (Å²) < 4.78 is 1.80. The van der Waals surface area contributed by atoms with Gasteiger partial charge in [0.2, 0.25) is 11.9 Å². The van der Waals surface area contributed by atoms with Crippen molar-refractivity contribution in [1.82, 2.24) is 19.5 Å². The minimum atomic E-state index is -0.468. The highest BCUT2D eigenvalue weighted by molar-refractivity contribution is 5.93. The van der Waals surface area contributed by atoms with Crippen LogP contribution in [-0.4, -0.2) is 39.5 Å². The van der Waals surface area contributed by atoms with Crippen molar-refractivity contribution in [3.05, 3.63) is 42.4 Å². The maximum atomic E-state index is 11.3. The molecule has 0 radical (unpaired) electrons. The molecular weight excluding hydrogens is 268 g/mol. The Labute approximate surface area is 121 Å². The molecule has 2 aromatic heterocycles. The van der Waals surface area contributed by atoms with Crippen LogP contribution in [0, 0.1) is 0 Å². The number of anilines is 1. The Hall–Kier alpha value is -2.96. The van der Waals surface area contributed by atoms with Gasteiger partial charge in [0.1, 0.15) is 11.8 Å². The maximum absolute atomic E-state index is 11.3. The van der Waals surface area contributed by atoms with Crippen LogP contribution < -0.4 is 10.6 Å². The largest absolute Gasteiger partial charge is 0.366 e. The summed E-state index contributed by atoms with van der Waals surface area (Å²) in [4.78, 5) is 26.1. The fourth-order valence-electron chi connectivity index (χ4n) is 2.01. The number of primary amides is 1. The third-order valence-electron chi connectivity index (χ3n) is 3.09. The average Bonchev–Trinajstić information content (AvgIpc) is 2.90. The molecule has 0 saturated heterocycles. The lowest BCUT2D eigenvalue weighted by molar-refractivity contribution is 0.100. The summed E-state index contributed by atoms with van der Waals surface area (Å²) in [6.45, 7) is 0. The van der Waals surface area contributed by atoms with E-state index in [1.165, 1.54) is 0 Å². The van der Waals surface area contributed by atoms with Gasteiger partial charge in [0.15, 0.2) is 5.65 Å². The minimum Gasteiger partial charge on any atom is -0.366 e. The second kappa shape index (κ2) is 4.86. The first kappa shape index (κ1) is 13.0. The zero-order chi connectivity index (χ0) is 15.0. The van der Waals surface area contributed by atoms with Crippen molar-refractivity contribution >= 4 is 23.0 Å². The van der Waals surface area contributed by atoms with E-state index >= 15 is 0 Å². The predicted molar refractivity (Wildman–Crippen MR) is 79.5 cm³/mol. The summed E-state index contributed by atoms with van der Waals surface area (Å²) in [5.41, 5.74) is 7.89. The van der Waals surface area contributed by atoms with Crippen LogP contribution in [0.3, 0.4) is 0 Å². The average molecular weight is 282 g/mol. The Morgan fingerprint density at radius 3 is 2.81 bits per heavy atom. The molecule has 106 valence electrons. The Balaban J connectivity index is 2.18. The highest BCUT2D eigenvalue weighted by Crippen LogP contribution is 2.18. The third-order valence-corrected chi connectivity index (χ3v) is 3.09. The molecule has 7 heteroatoms. The maximum Gasteiger partial charge on any atom is 0.248 e. The van der Waals surface area contributed by atoms with Crippen LogP contribution in [0.1, 0.15) is 10.4 Å². The molecule has 0 bridgehead atoms. The van der Waals surface area contributed by atoms with Gasteiger partial charge in [0.25, 0.3) is 0 Å². The van der Waals surface area contributed by atoms with Crippen LogP contribution in [-0.2, 0) is 0 Å². The Kier molecular flexibility index (Phi) is 3.02. The fourth-order valence-corrected chi connectivity index (χ4v) is 2.01. The monoisotopic (exact) mass is 282 g/mol. The normalized spacial score (nSPS) is 10.8. The van der Waals surface area contributed by atoms with Gasteiger partial charge in [-0.1, -0.05) is 6.07 Å². The van der Waals surface area contributed by atoms with E-state index in [0.717, 1.165) is 5.69 Å². The summed E-state index contributed by atoms with van der Waals surface area (Å²) in [5.74, 6) is 0.125. The number of nitrogens with zero attached hydrogens (tertiary/aromatic N) is 5. The van der Waals surface area contributed by atoms with E-state index in [1.54, 1.807) is 35.3 Å². The number of carbonyl (C=O) groups excluding carboxylic acids is 1. The molecule has 1 aromatic carbocycles. The molecule has 0 aliphatic carbocycles. The van der Waals surface area contributed by atoms with Gasteiger partial charge in [-0.3, -0.25) is 9.36 Å². The second-order valence-electron chi connectivity index (χ2n) is 4.80. The SMILES string of the molecule is CN(C)c1ncc2ncn(-c3cccc(C(N)=O)c3)c2n1. The lowest BCUT2D eigenvalue weighted by Gasteiger charge is -2.10. The van der Waals surface area contributed by atoms with E-state index in [1.807, 2.05) is 25.1 Å². The summed E-state index contributed by atoms with van der Waals surface area (Å²) in [6, 6.07) is 7.02. The van der Waals surface area contributed by atoms with Crippen LogP contribution in [0.15, 0.2) is 36.8 Å². The third kappa shape index (κ3) is 2.29. The molecule has 0 atom stereocenters. The quantitative estimate of drug-likeness (QED) is 0.773. The number of hydrogen-bond donors (Lipinski definition) is 1. The lowest BCUT2D eigenvalue weighted by atomic mass is 10.2. The number of amides is 1. The standard InChI is InChI=1S/C14H14N6O/c1-19(2)14-16-7-11-13(18-14)20(8-17-11)10-5-3-4-9(6-10)12(15)21/h3-8H,1-2H3,(H2,15,21). The topological polar surface area (TPSA) is 89.9 Å². The first-order valence-corrected chi connectivity index (χ1v) is 6.34. The van der Waals surface area contributed by atoms with E-state index in [-0.39, 0.29) is 0 Å². The molecular formula is C14H14N6O. The van der Waals surface area contributed by atoms with E-state index in [9.17, 15) is 4.79 Å². The molecule has 0 aliphatic heterocycles. The fraction of sp³-hybridized carbons (Fsp3) is 0.143. The predicted octanol–water partition coefficient (Wildman–Crippen LogP) is 0.980. The molecule has 21 heavy (non-hydrogen) atoms. The van der Waals surface area contributed by atoms with Gasteiger partial charge < -0.3 is 10.6 Å². The molecule has 7 nitrogen and oxygen atoms in total. The van der Waals surface area contributed by atoms with Crippen molar-refractivity contribution in [3.63, 3.8) is 0 Å². The highest BCUT2D eigenvalue weighted by atomic mass is 16.1. The minimum absolute atomic E-state index is 0.441. The molecule has 2 N–H and O–H groups in total. The van der Waals surface area contributed by atoms with Gasteiger partial charge in [-0.05, 0) is 18.2 Å². The van der Waals surface area contributed by atoms with Crippen LogP contribution in [0.2, 0.25) is 0 Å². The zero-order valence-electron chi connectivity index (χ0n) is 11.7. The lowest BCUT2D eigenvalue weighted by Crippen LogP contribution is -2.13. The molecule has 0 saturated carbocycles. The Morgan fingerprint density at radius 1 is 1.29 bits per heavy atom. The number of aromatic nitrogens is 4. The van der Waals surface area contributed by atoms with Crippen LogP contribution in [0.5, 0.6) is 0 Å². The summed E-state index contributed by atoms with van der Waals surface area (Å²) in [7, 11) is 3.74. The number of rotatable bonds is 3. The molecule has 0 aliphatic rings. The van der Waals surface area contributed by atoms with Crippen molar-refractivity contribution in [1.29, 1.82) is 0 Å². The van der Waals surface area contributed by atoms with E-state index in [4.69, 9.17) is 5.73 Å². The second-order valence-corrected chi connectivity index (χ2v) is 4.80. The molecule has 0 unspecified atom stereocenters. The van der Waals surface area contributed by atoms with E-state index in [2.05, 4.69) is 15.0 Å². The van der Waals surface area contributed by atoms with Crippen molar-refractivity contribution in [3.8, 4) is 5.69 Å². The van der Waals surface area contributed by atoms with Gasteiger partial charge in [0.05, 0.1) is 6.20 Å². The summed E-state index contributed by atoms with van der Waals surface area (Å²) in [6.07, 6.45) is 3.32. The van der Waals surface area contributed by atoms with Gasteiger partial charge in [-0.15, -0.1) is 0 Å². The number of carbonyl (C=O) groups is 1. The molecule has 3 aromatic rings. The van der Waals surface area contributed by atoms with Gasteiger partial charge >= 0.3 is 0 Å². The smallest absolute Gasteiger partial charge is 0.248 e. The zero-order valence-corrected chi connectivity index (χ0v) is 11.7. The summed E-state index contributed by atoms with van der Waals surface area (Å²) >= 11 is 0. The van der Waals surface area contributed by atoms with E-state index < -0.39 is 5.91 Å². The molecule has 2 heterocycles. The first-order valence-electron chi connectivity index (χ1n) is 6.34. The van der Waals surface area contributed by atoms with Crippen molar-refractivity contribution in [2.24, 2.45) is 5.73 Å². The van der Waals surface area contributed by atoms with E-state index in [0.29, 0.717) is 22.7 Å². The number of fused-ring (bicyclic) bond motifs is 1. The number of benzene rings is 1. The van der Waals surface area contributed by atoms with Gasteiger partial charge in [-0.2, -0.15) is 4.98 Å². The number of nitrogens with two attached hydrogens (primary N) is 1. The van der Waals surface area contributed by atoms with Crippen molar-refractivity contribution in [2.75, 3.05) is 19.0 Å². The van der Waals surface area contributed by atoms with Gasteiger partial charge in [0, 0.05) is 25.3 Å².